The zero-order valence-electron chi connectivity index (χ0n) is 18.3. The molecule has 2 aromatic carbocycles. The monoisotopic (exact) mass is 534 g/mol. The lowest BCUT2D eigenvalue weighted by molar-refractivity contribution is 0.146. The fourth-order valence-corrected chi connectivity index (χ4v) is 4.19. The predicted molar refractivity (Wildman–Crippen MR) is 126 cm³/mol. The van der Waals surface area contributed by atoms with Crippen molar-refractivity contribution in [1.82, 2.24) is 14.5 Å². The summed E-state index contributed by atoms with van der Waals surface area (Å²) in [6.45, 7) is 3.51. The highest BCUT2D eigenvalue weighted by atomic mass is 79.9. The van der Waals surface area contributed by atoms with Crippen molar-refractivity contribution in [2.75, 3.05) is 5.32 Å². The van der Waals surface area contributed by atoms with Gasteiger partial charge in [0.1, 0.15) is 0 Å². The summed E-state index contributed by atoms with van der Waals surface area (Å²) in [6.07, 6.45) is -0.0664. The van der Waals surface area contributed by atoms with Crippen molar-refractivity contribution >= 4 is 32.4 Å². The Morgan fingerprint density at radius 3 is 2.38 bits per heavy atom. The maximum Gasteiger partial charge on any atom is 0.268 e. The second kappa shape index (κ2) is 9.17. The molecule has 5 nitrogen and oxygen atoms in total. The maximum absolute atomic E-state index is 14.1. The van der Waals surface area contributed by atoms with Gasteiger partial charge < -0.3 is 9.88 Å². The third-order valence-electron chi connectivity index (χ3n) is 5.64. The van der Waals surface area contributed by atoms with Crippen molar-refractivity contribution in [3.05, 3.63) is 86.1 Å². The van der Waals surface area contributed by atoms with Crippen molar-refractivity contribution in [1.29, 1.82) is 0 Å². The number of halogens is 5. The van der Waals surface area contributed by atoms with E-state index in [4.69, 9.17) is 0 Å². The Kier molecular flexibility index (Phi) is 6.44. The van der Waals surface area contributed by atoms with Crippen LogP contribution in [0.15, 0.2) is 52.3 Å². The normalized spacial score (nSPS) is 12.4. The fraction of sp³-hybridized carbons (Fsp3) is 0.208. The molecule has 0 fully saturated rings. The number of pyridine rings is 1. The zero-order chi connectivity index (χ0) is 24.7. The third-order valence-corrected chi connectivity index (χ3v) is 6.05. The van der Waals surface area contributed by atoms with Gasteiger partial charge in [-0.1, -0.05) is 6.07 Å². The fourth-order valence-electron chi connectivity index (χ4n) is 3.98. The Labute approximate surface area is 200 Å². The molecule has 4 rings (SSSR count). The molecule has 10 heteroatoms. The predicted octanol–water partition coefficient (Wildman–Crippen LogP) is 6.46. The summed E-state index contributed by atoms with van der Waals surface area (Å²) in [6, 6.07) is 6.63. The standard InChI is InChI=1S/C24H19BrF4N4O/c1-11-6-14(12(2)32-18-5-4-17(26)21(27)20(18)22(28)29)15-8-19(13-9-30-24(25)31-10-13)33(3)23(34)16(15)7-11/h4-10,12,22,32H,1-3H3/t12-/m1/s1. The summed E-state index contributed by atoms with van der Waals surface area (Å²) in [7, 11) is 1.64. The van der Waals surface area contributed by atoms with Gasteiger partial charge in [-0.3, -0.25) is 4.79 Å². The minimum absolute atomic E-state index is 0.221. The summed E-state index contributed by atoms with van der Waals surface area (Å²) < 4.78 is 56.5. The Morgan fingerprint density at radius 1 is 1.06 bits per heavy atom. The van der Waals surface area contributed by atoms with Gasteiger partial charge in [-0.25, -0.2) is 27.5 Å². The first kappa shape index (κ1) is 23.9. The summed E-state index contributed by atoms with van der Waals surface area (Å²) in [5, 5.41) is 3.90. The van der Waals surface area contributed by atoms with E-state index < -0.39 is 29.7 Å². The number of nitrogens with zero attached hydrogens (tertiary/aromatic N) is 3. The molecule has 0 spiro atoms. The SMILES string of the molecule is Cc1cc([C@@H](C)Nc2ccc(F)c(F)c2C(F)F)c2cc(-c3cnc(Br)nc3)n(C)c(=O)c2c1. The second-order valence-electron chi connectivity index (χ2n) is 7.94. The number of aryl methyl sites for hydroxylation is 1. The summed E-state index contributed by atoms with van der Waals surface area (Å²) in [4.78, 5) is 21.4. The molecule has 2 heterocycles. The van der Waals surface area contributed by atoms with Gasteiger partial charge in [0, 0.05) is 42.1 Å². The molecular weight excluding hydrogens is 516 g/mol. The van der Waals surface area contributed by atoms with Gasteiger partial charge >= 0.3 is 0 Å². The van der Waals surface area contributed by atoms with Gasteiger partial charge in [-0.05, 0) is 70.6 Å². The Morgan fingerprint density at radius 2 is 1.74 bits per heavy atom. The van der Waals surface area contributed by atoms with Crippen molar-refractivity contribution in [3.63, 3.8) is 0 Å². The van der Waals surface area contributed by atoms with E-state index in [0.29, 0.717) is 32.3 Å². The largest absolute Gasteiger partial charge is 0.378 e. The van der Waals surface area contributed by atoms with Crippen molar-refractivity contribution in [2.45, 2.75) is 26.3 Å². The van der Waals surface area contributed by atoms with Crippen molar-refractivity contribution < 1.29 is 17.6 Å². The molecule has 0 amide bonds. The summed E-state index contributed by atoms with van der Waals surface area (Å²) in [5.41, 5.74) is 1.08. The zero-order valence-corrected chi connectivity index (χ0v) is 19.9. The van der Waals surface area contributed by atoms with Crippen molar-refractivity contribution in [3.8, 4) is 11.3 Å². The lowest BCUT2D eigenvalue weighted by atomic mass is 9.96. The molecule has 2 aromatic heterocycles. The first-order valence-electron chi connectivity index (χ1n) is 10.2. The third kappa shape index (κ3) is 4.29. The molecule has 1 atom stereocenters. The average Bonchev–Trinajstić information content (AvgIpc) is 2.79. The number of rotatable bonds is 5. The topological polar surface area (TPSA) is 59.8 Å². The molecule has 0 unspecified atom stereocenters. The molecule has 1 N–H and O–H groups in total. The van der Waals surface area contributed by atoms with Gasteiger partial charge in [-0.15, -0.1) is 0 Å². The maximum atomic E-state index is 14.1. The van der Waals surface area contributed by atoms with Gasteiger partial charge in [-0.2, -0.15) is 0 Å². The highest BCUT2D eigenvalue weighted by Gasteiger charge is 2.24. The number of hydrogen-bond donors (Lipinski definition) is 1. The lowest BCUT2D eigenvalue weighted by Crippen LogP contribution is -2.20. The molecule has 0 bridgehead atoms. The van der Waals surface area contributed by atoms with Crippen LogP contribution in [0.3, 0.4) is 0 Å². The average molecular weight is 535 g/mol. The number of anilines is 1. The van der Waals surface area contributed by atoms with E-state index in [2.05, 4.69) is 31.2 Å². The first-order chi connectivity index (χ1) is 16.1. The van der Waals surface area contributed by atoms with E-state index in [1.807, 2.05) is 13.0 Å². The number of hydrogen-bond acceptors (Lipinski definition) is 4. The van der Waals surface area contributed by atoms with Gasteiger partial charge in [0.2, 0.25) is 0 Å². The molecule has 176 valence electrons. The Balaban J connectivity index is 1.88. The highest BCUT2D eigenvalue weighted by Crippen LogP contribution is 2.35. The molecule has 0 aliphatic heterocycles. The van der Waals surface area contributed by atoms with Crippen LogP contribution in [0.1, 0.15) is 36.1 Å². The second-order valence-corrected chi connectivity index (χ2v) is 8.65. The van der Waals surface area contributed by atoms with E-state index >= 15 is 0 Å². The molecule has 0 saturated carbocycles. The number of benzene rings is 2. The van der Waals surface area contributed by atoms with Gasteiger partial charge in [0.05, 0.1) is 11.3 Å². The molecular formula is C24H19BrF4N4O. The van der Waals surface area contributed by atoms with Crippen LogP contribution in [0, 0.1) is 18.6 Å². The van der Waals surface area contributed by atoms with Crippen LogP contribution in [0.25, 0.3) is 22.0 Å². The van der Waals surface area contributed by atoms with Crippen LogP contribution in [-0.2, 0) is 7.05 Å². The summed E-state index contributed by atoms with van der Waals surface area (Å²) >= 11 is 3.18. The Hall–Kier alpha value is -3.27. The van der Waals surface area contributed by atoms with Crippen LogP contribution < -0.4 is 10.9 Å². The molecule has 0 radical (unpaired) electrons. The molecule has 34 heavy (non-hydrogen) atoms. The van der Waals surface area contributed by atoms with Gasteiger partial charge in [0.15, 0.2) is 16.4 Å². The highest BCUT2D eigenvalue weighted by molar-refractivity contribution is 9.10. The minimum Gasteiger partial charge on any atom is -0.378 e. The van der Waals surface area contributed by atoms with E-state index in [-0.39, 0.29) is 11.2 Å². The van der Waals surface area contributed by atoms with E-state index in [1.165, 1.54) is 4.57 Å². The van der Waals surface area contributed by atoms with Gasteiger partial charge in [0.25, 0.3) is 12.0 Å². The smallest absolute Gasteiger partial charge is 0.268 e. The molecule has 4 aromatic rings. The number of fused-ring (bicyclic) bond motifs is 1. The van der Waals surface area contributed by atoms with Crippen LogP contribution in [-0.4, -0.2) is 14.5 Å². The molecule has 0 aliphatic carbocycles. The molecule has 0 aliphatic rings. The van der Waals surface area contributed by atoms with Crippen LogP contribution in [0.5, 0.6) is 0 Å². The quantitative estimate of drug-likeness (QED) is 0.236. The van der Waals surface area contributed by atoms with E-state index in [0.717, 1.165) is 17.7 Å². The first-order valence-corrected chi connectivity index (χ1v) is 11.0. The minimum atomic E-state index is -3.21. The van der Waals surface area contributed by atoms with Crippen molar-refractivity contribution in [2.24, 2.45) is 7.05 Å². The van der Waals surface area contributed by atoms with Crippen LogP contribution in [0.2, 0.25) is 0 Å². The number of alkyl halides is 2. The van der Waals surface area contributed by atoms with Crippen LogP contribution in [0.4, 0.5) is 23.2 Å². The number of nitrogens with one attached hydrogen (secondary N) is 1. The lowest BCUT2D eigenvalue weighted by Gasteiger charge is -2.22. The van der Waals surface area contributed by atoms with Crippen LogP contribution >= 0.6 is 15.9 Å². The summed E-state index contributed by atoms with van der Waals surface area (Å²) in [5.74, 6) is -2.94. The number of aromatic nitrogens is 3. The van der Waals surface area contributed by atoms with E-state index in [9.17, 15) is 22.4 Å². The Bertz CT molecular complexity index is 1450. The van der Waals surface area contributed by atoms with E-state index in [1.54, 1.807) is 38.5 Å². The molecule has 0 saturated heterocycles.